The molecule has 2 aromatic carbocycles. The van der Waals surface area contributed by atoms with Crippen molar-refractivity contribution in [3.8, 4) is 5.75 Å². The van der Waals surface area contributed by atoms with Gasteiger partial charge in [0.15, 0.2) is 0 Å². The van der Waals surface area contributed by atoms with Crippen molar-refractivity contribution in [1.82, 2.24) is 5.32 Å². The highest BCUT2D eigenvalue weighted by molar-refractivity contribution is 7.92. The summed E-state index contributed by atoms with van der Waals surface area (Å²) < 4.78 is 44.0. The van der Waals surface area contributed by atoms with E-state index in [1.54, 1.807) is 12.1 Å². The van der Waals surface area contributed by atoms with Gasteiger partial charge in [0, 0.05) is 6.54 Å². The van der Waals surface area contributed by atoms with Gasteiger partial charge in [-0.05, 0) is 40.8 Å². The molecule has 29 heavy (non-hydrogen) atoms. The lowest BCUT2D eigenvalue weighted by Crippen LogP contribution is -2.34. The minimum absolute atomic E-state index is 0.0118. The van der Waals surface area contributed by atoms with Crippen LogP contribution in [0.4, 0.5) is 10.1 Å². The minimum atomic E-state index is -3.58. The number of nitrogens with one attached hydrogen (secondary N) is 2. The van der Waals surface area contributed by atoms with Crippen molar-refractivity contribution < 1.29 is 22.3 Å². The molecule has 0 heterocycles. The predicted molar refractivity (Wildman–Crippen MR) is 115 cm³/mol. The number of hydrogen-bond acceptors (Lipinski definition) is 5. The van der Waals surface area contributed by atoms with Crippen molar-refractivity contribution >= 4 is 34.2 Å². The molecule has 2 N–H and O–H groups in total. The molecule has 0 aliphatic carbocycles. The van der Waals surface area contributed by atoms with Gasteiger partial charge in [0.2, 0.25) is 15.5 Å². The van der Waals surface area contributed by atoms with E-state index in [9.17, 15) is 17.6 Å². The first-order chi connectivity index (χ1) is 13.3. The van der Waals surface area contributed by atoms with Crippen LogP contribution in [0.5, 0.6) is 5.75 Å². The summed E-state index contributed by atoms with van der Waals surface area (Å²) in [6.07, 6.45) is 0.935. The molecule has 0 saturated carbocycles. The first-order valence-electron chi connectivity index (χ1n) is 8.84. The van der Waals surface area contributed by atoms with Crippen molar-refractivity contribution in [3.63, 3.8) is 0 Å². The van der Waals surface area contributed by atoms with Gasteiger partial charge >= 0.3 is 0 Å². The summed E-state index contributed by atoms with van der Waals surface area (Å²) >= 11 is 4.16. The van der Waals surface area contributed by atoms with Gasteiger partial charge in [-0.25, -0.2) is 12.8 Å². The molecule has 0 fully saturated rings. The van der Waals surface area contributed by atoms with E-state index in [1.807, 2.05) is 12.1 Å². The lowest BCUT2D eigenvalue weighted by Gasteiger charge is -2.20. The molecule has 9 heteroatoms. The number of carbonyl (C=O) groups excluding carboxylic acids is 1. The molecule has 0 saturated heterocycles. The number of amides is 1. The van der Waals surface area contributed by atoms with Crippen molar-refractivity contribution in [2.75, 3.05) is 11.0 Å². The molecule has 0 spiro atoms. The summed E-state index contributed by atoms with van der Waals surface area (Å²) in [6, 6.07) is 11.4. The van der Waals surface area contributed by atoms with Crippen molar-refractivity contribution in [3.05, 3.63) is 59.4 Å². The van der Waals surface area contributed by atoms with Gasteiger partial charge in [-0.2, -0.15) is 0 Å². The average molecular weight is 441 g/mol. The van der Waals surface area contributed by atoms with Crippen LogP contribution in [0.1, 0.15) is 31.9 Å². The van der Waals surface area contributed by atoms with E-state index < -0.39 is 27.2 Å². The van der Waals surface area contributed by atoms with Gasteiger partial charge in [0.25, 0.3) is 5.91 Å². The monoisotopic (exact) mass is 440 g/mol. The summed E-state index contributed by atoms with van der Waals surface area (Å²) in [5, 5.41) is 2.60. The number of ether oxygens (including phenoxy) is 1. The van der Waals surface area contributed by atoms with Crippen molar-refractivity contribution in [1.29, 1.82) is 0 Å². The Bertz CT molecular complexity index is 971. The van der Waals surface area contributed by atoms with Crippen molar-refractivity contribution in [2.24, 2.45) is 0 Å². The standard InChI is InChI=1S/C20H25FN2O4S2/c1-20(2,3)14-6-8-15(9-7-14)27-19(28)18(24)22-12-13-5-10-17(16(21)11-13)23-29(4,25)26/h5-11,19,23,28H,12H2,1-4H3,(H,22,24). The summed E-state index contributed by atoms with van der Waals surface area (Å²) in [5.41, 5.74) is 0.423. The maximum absolute atomic E-state index is 14.0. The first-order valence-corrected chi connectivity index (χ1v) is 11.2. The van der Waals surface area contributed by atoms with Crippen LogP contribution < -0.4 is 14.8 Å². The molecule has 2 aromatic rings. The largest absolute Gasteiger partial charge is 0.470 e. The average Bonchev–Trinajstić information content (AvgIpc) is 2.60. The third-order valence-electron chi connectivity index (χ3n) is 3.99. The number of hydrogen-bond donors (Lipinski definition) is 3. The highest BCUT2D eigenvalue weighted by atomic mass is 32.2. The Kier molecular flexibility index (Phi) is 7.18. The van der Waals surface area contributed by atoms with E-state index in [2.05, 4.69) is 43.4 Å². The number of benzene rings is 2. The second kappa shape index (κ2) is 9.04. The van der Waals surface area contributed by atoms with E-state index in [4.69, 9.17) is 4.74 Å². The molecule has 2 rings (SSSR count). The van der Waals surface area contributed by atoms with Crippen LogP contribution in [0.25, 0.3) is 0 Å². The van der Waals surface area contributed by atoms with Crippen LogP contribution in [0, 0.1) is 5.82 Å². The number of thiol groups is 1. The fourth-order valence-electron chi connectivity index (χ4n) is 2.44. The first kappa shape index (κ1) is 23.0. The number of rotatable bonds is 7. The molecular formula is C20H25FN2O4S2. The number of carbonyl (C=O) groups is 1. The topological polar surface area (TPSA) is 84.5 Å². The molecule has 0 radical (unpaired) electrons. The Morgan fingerprint density at radius 2 is 1.79 bits per heavy atom. The minimum Gasteiger partial charge on any atom is -0.470 e. The molecule has 0 aliphatic rings. The Morgan fingerprint density at radius 3 is 2.31 bits per heavy atom. The molecule has 0 aliphatic heterocycles. The van der Waals surface area contributed by atoms with Crippen LogP contribution in [-0.2, 0) is 26.8 Å². The zero-order valence-corrected chi connectivity index (χ0v) is 18.4. The van der Waals surface area contributed by atoms with E-state index in [1.165, 1.54) is 12.1 Å². The highest BCUT2D eigenvalue weighted by Crippen LogP contribution is 2.25. The van der Waals surface area contributed by atoms with E-state index in [0.29, 0.717) is 11.3 Å². The SMILES string of the molecule is CC(C)(C)c1ccc(OC(S)C(=O)NCc2ccc(NS(C)(=O)=O)c(F)c2)cc1. The van der Waals surface area contributed by atoms with Gasteiger partial charge in [0.05, 0.1) is 11.9 Å². The molecular weight excluding hydrogens is 415 g/mol. The van der Waals surface area contributed by atoms with Crippen LogP contribution in [0.2, 0.25) is 0 Å². The van der Waals surface area contributed by atoms with Gasteiger partial charge in [-0.3, -0.25) is 9.52 Å². The van der Waals surface area contributed by atoms with Gasteiger partial charge in [0.1, 0.15) is 11.6 Å². The Balaban J connectivity index is 1.92. The smallest absolute Gasteiger partial charge is 0.271 e. The summed E-state index contributed by atoms with van der Waals surface area (Å²) in [4.78, 5) is 12.2. The number of sulfonamides is 1. The number of halogens is 1. The zero-order chi connectivity index (χ0) is 21.8. The molecule has 1 amide bonds. The summed E-state index contributed by atoms with van der Waals surface area (Å²) in [5.74, 6) is -0.706. The second-order valence-electron chi connectivity index (χ2n) is 7.65. The molecule has 0 bridgehead atoms. The molecule has 6 nitrogen and oxygen atoms in total. The highest BCUT2D eigenvalue weighted by Gasteiger charge is 2.17. The van der Waals surface area contributed by atoms with Crippen LogP contribution in [0.3, 0.4) is 0 Å². The van der Waals surface area contributed by atoms with Crippen LogP contribution in [0.15, 0.2) is 42.5 Å². The Hall–Kier alpha value is -2.26. The summed E-state index contributed by atoms with van der Waals surface area (Å²) in [7, 11) is -3.58. The maximum atomic E-state index is 14.0. The number of anilines is 1. The maximum Gasteiger partial charge on any atom is 0.271 e. The molecule has 158 valence electrons. The van der Waals surface area contributed by atoms with Crippen LogP contribution in [-0.4, -0.2) is 26.0 Å². The van der Waals surface area contributed by atoms with Gasteiger partial charge < -0.3 is 10.1 Å². The molecule has 1 atom stereocenters. The van der Waals surface area contributed by atoms with Crippen molar-refractivity contribution in [2.45, 2.75) is 38.2 Å². The lowest BCUT2D eigenvalue weighted by molar-refractivity contribution is -0.124. The third kappa shape index (κ3) is 7.25. The lowest BCUT2D eigenvalue weighted by atomic mass is 9.87. The van der Waals surface area contributed by atoms with Gasteiger partial charge in [-0.1, -0.05) is 39.0 Å². The fraction of sp³-hybridized carbons (Fsp3) is 0.350. The fourth-order valence-corrected chi connectivity index (χ4v) is 3.22. The van der Waals surface area contributed by atoms with E-state index in [0.717, 1.165) is 17.9 Å². The van der Waals surface area contributed by atoms with Gasteiger partial charge in [-0.15, -0.1) is 12.6 Å². The quantitative estimate of drug-likeness (QED) is 0.455. The third-order valence-corrected chi connectivity index (χ3v) is 4.92. The Morgan fingerprint density at radius 1 is 1.17 bits per heavy atom. The Labute approximate surface area is 176 Å². The normalized spacial score (nSPS) is 12.9. The van der Waals surface area contributed by atoms with E-state index >= 15 is 0 Å². The predicted octanol–water partition coefficient (Wildman–Crippen LogP) is 3.45. The molecule has 0 aromatic heterocycles. The zero-order valence-electron chi connectivity index (χ0n) is 16.7. The molecule has 1 unspecified atom stereocenters. The second-order valence-corrected chi connectivity index (χ2v) is 9.87. The van der Waals surface area contributed by atoms with Crippen LogP contribution >= 0.6 is 12.6 Å². The summed E-state index contributed by atoms with van der Waals surface area (Å²) in [6.45, 7) is 6.34. The van der Waals surface area contributed by atoms with E-state index in [-0.39, 0.29) is 17.6 Å².